The molecule has 0 aromatic heterocycles. The van der Waals surface area contributed by atoms with E-state index in [4.69, 9.17) is 4.74 Å². The first-order chi connectivity index (χ1) is 6.24. The van der Waals surface area contributed by atoms with Gasteiger partial charge in [0, 0.05) is 6.54 Å². The third kappa shape index (κ3) is 1.20. The summed E-state index contributed by atoms with van der Waals surface area (Å²) in [5.41, 5.74) is 0. The summed E-state index contributed by atoms with van der Waals surface area (Å²) in [7, 11) is 1.62. The summed E-state index contributed by atoms with van der Waals surface area (Å²) >= 11 is 0. The summed E-state index contributed by atoms with van der Waals surface area (Å²) < 4.78 is 5.18. The van der Waals surface area contributed by atoms with Crippen LogP contribution in [0, 0.1) is 0 Å². The van der Waals surface area contributed by atoms with E-state index < -0.39 is 0 Å². The Bertz CT molecular complexity index is 262. The molecular weight excluding hydrogens is 168 g/mol. The molecule has 2 rings (SSSR count). The first-order valence-corrected chi connectivity index (χ1v) is 4.66. The van der Waals surface area contributed by atoms with Crippen molar-refractivity contribution in [3.63, 3.8) is 0 Å². The van der Waals surface area contributed by atoms with Crippen molar-refractivity contribution in [2.24, 2.45) is 4.99 Å². The van der Waals surface area contributed by atoms with Gasteiger partial charge in [-0.2, -0.15) is 0 Å². The molecule has 4 heteroatoms. The molecule has 0 N–H and O–H groups in total. The third-order valence-electron chi connectivity index (χ3n) is 2.71. The van der Waals surface area contributed by atoms with Crippen molar-refractivity contribution in [2.75, 3.05) is 13.7 Å². The predicted octanol–water partition coefficient (Wildman–Crippen LogP) is 0.424. The van der Waals surface area contributed by atoms with Crippen LogP contribution in [0.1, 0.15) is 19.8 Å². The van der Waals surface area contributed by atoms with Gasteiger partial charge >= 0.3 is 0 Å². The Kier molecular flexibility index (Phi) is 1.98. The van der Waals surface area contributed by atoms with Crippen LogP contribution in [0.3, 0.4) is 0 Å². The minimum Gasteiger partial charge on any atom is -0.483 e. The van der Waals surface area contributed by atoms with Crippen LogP contribution in [-0.2, 0) is 9.53 Å². The van der Waals surface area contributed by atoms with E-state index in [0.29, 0.717) is 0 Å². The number of amides is 1. The quantitative estimate of drug-likeness (QED) is 0.545. The molecule has 1 amide bonds. The van der Waals surface area contributed by atoms with Crippen LogP contribution in [0.5, 0.6) is 0 Å². The summed E-state index contributed by atoms with van der Waals surface area (Å²) in [6.45, 7) is 2.67. The highest BCUT2D eigenvalue weighted by atomic mass is 16.5. The van der Waals surface area contributed by atoms with E-state index in [9.17, 15) is 4.79 Å². The van der Waals surface area contributed by atoms with Gasteiger partial charge in [0.2, 0.25) is 11.8 Å². The van der Waals surface area contributed by atoms with Crippen LogP contribution in [0.4, 0.5) is 0 Å². The van der Waals surface area contributed by atoms with Gasteiger partial charge in [-0.05, 0) is 19.8 Å². The van der Waals surface area contributed by atoms with Crippen LogP contribution in [0.15, 0.2) is 4.99 Å². The summed E-state index contributed by atoms with van der Waals surface area (Å²) in [6.07, 6.45) is 2.05. The van der Waals surface area contributed by atoms with Gasteiger partial charge in [-0.3, -0.25) is 4.79 Å². The van der Waals surface area contributed by atoms with Gasteiger partial charge in [0.15, 0.2) is 0 Å². The fourth-order valence-electron chi connectivity index (χ4n) is 2.05. The molecule has 0 aromatic carbocycles. The Morgan fingerprint density at radius 3 is 3.08 bits per heavy atom. The molecule has 2 aliphatic rings. The van der Waals surface area contributed by atoms with E-state index in [1.807, 2.05) is 11.8 Å². The molecule has 2 heterocycles. The number of ether oxygens (including phenoxy) is 1. The molecular formula is C9H14N2O2. The second kappa shape index (κ2) is 3.01. The van der Waals surface area contributed by atoms with Gasteiger partial charge in [-0.1, -0.05) is 0 Å². The average molecular weight is 182 g/mol. The molecule has 1 fully saturated rings. The molecule has 72 valence electrons. The van der Waals surface area contributed by atoms with Gasteiger partial charge in [0.1, 0.15) is 12.1 Å². The Morgan fingerprint density at radius 1 is 1.62 bits per heavy atom. The Morgan fingerprint density at radius 2 is 2.38 bits per heavy atom. The molecule has 2 atom stereocenters. The maximum atomic E-state index is 11.6. The second-order valence-electron chi connectivity index (χ2n) is 3.54. The maximum absolute atomic E-state index is 11.6. The summed E-state index contributed by atoms with van der Waals surface area (Å²) in [4.78, 5) is 17.7. The van der Waals surface area contributed by atoms with E-state index in [1.165, 1.54) is 0 Å². The smallest absolute Gasteiger partial charge is 0.247 e. The predicted molar refractivity (Wildman–Crippen MR) is 48.6 cm³/mol. The molecule has 0 aliphatic carbocycles. The first kappa shape index (κ1) is 8.53. The summed E-state index contributed by atoms with van der Waals surface area (Å²) in [5.74, 6) is 0.868. The largest absolute Gasteiger partial charge is 0.483 e. The Balaban J connectivity index is 2.30. The third-order valence-corrected chi connectivity index (χ3v) is 2.71. The van der Waals surface area contributed by atoms with Crippen molar-refractivity contribution in [3.8, 4) is 0 Å². The van der Waals surface area contributed by atoms with E-state index in [1.54, 1.807) is 7.11 Å². The SMILES string of the molecule is COC1=N[C@@H](C)C(=O)N2CCC[C@@H]12. The number of nitrogens with zero attached hydrogens (tertiary/aromatic N) is 2. The second-order valence-corrected chi connectivity index (χ2v) is 3.54. The van der Waals surface area contributed by atoms with Gasteiger partial charge in [0.25, 0.3) is 0 Å². The lowest BCUT2D eigenvalue weighted by Crippen LogP contribution is -2.49. The van der Waals surface area contributed by atoms with E-state index in [2.05, 4.69) is 4.99 Å². The lowest BCUT2D eigenvalue weighted by Gasteiger charge is -2.31. The number of methoxy groups -OCH3 is 1. The maximum Gasteiger partial charge on any atom is 0.247 e. The zero-order chi connectivity index (χ0) is 9.42. The molecule has 0 unspecified atom stereocenters. The van der Waals surface area contributed by atoms with Gasteiger partial charge < -0.3 is 9.64 Å². The van der Waals surface area contributed by atoms with Crippen molar-refractivity contribution in [1.29, 1.82) is 0 Å². The number of carbonyl (C=O) groups excluding carboxylic acids is 1. The highest BCUT2D eigenvalue weighted by Gasteiger charge is 2.39. The monoisotopic (exact) mass is 182 g/mol. The number of carbonyl (C=O) groups is 1. The van der Waals surface area contributed by atoms with Crippen molar-refractivity contribution in [1.82, 2.24) is 4.90 Å². The van der Waals surface area contributed by atoms with Crippen molar-refractivity contribution >= 4 is 11.8 Å². The van der Waals surface area contributed by atoms with Crippen LogP contribution in [-0.4, -0.2) is 42.4 Å². The van der Waals surface area contributed by atoms with Gasteiger partial charge in [0.05, 0.1) is 7.11 Å². The molecule has 0 aromatic rings. The number of hydrogen-bond acceptors (Lipinski definition) is 3. The lowest BCUT2D eigenvalue weighted by molar-refractivity contribution is -0.133. The zero-order valence-corrected chi connectivity index (χ0v) is 7.99. The van der Waals surface area contributed by atoms with E-state index in [-0.39, 0.29) is 18.0 Å². The molecule has 1 saturated heterocycles. The van der Waals surface area contributed by atoms with Gasteiger partial charge in [-0.15, -0.1) is 0 Å². The van der Waals surface area contributed by atoms with Crippen molar-refractivity contribution < 1.29 is 9.53 Å². The normalized spacial score (nSPS) is 32.9. The minimum atomic E-state index is -0.260. The lowest BCUT2D eigenvalue weighted by atomic mass is 10.1. The van der Waals surface area contributed by atoms with Crippen LogP contribution < -0.4 is 0 Å². The number of rotatable bonds is 0. The Hall–Kier alpha value is -1.06. The van der Waals surface area contributed by atoms with Crippen molar-refractivity contribution in [2.45, 2.75) is 31.8 Å². The van der Waals surface area contributed by atoms with E-state index in [0.717, 1.165) is 25.3 Å². The molecule has 13 heavy (non-hydrogen) atoms. The van der Waals surface area contributed by atoms with Crippen LogP contribution >= 0.6 is 0 Å². The van der Waals surface area contributed by atoms with E-state index >= 15 is 0 Å². The highest BCUT2D eigenvalue weighted by Crippen LogP contribution is 2.24. The summed E-state index contributed by atoms with van der Waals surface area (Å²) in [6, 6.07) is -0.141. The number of aliphatic imine (C=N–C) groups is 1. The highest BCUT2D eigenvalue weighted by molar-refractivity contribution is 5.95. The first-order valence-electron chi connectivity index (χ1n) is 4.66. The number of hydrogen-bond donors (Lipinski definition) is 0. The minimum absolute atomic E-state index is 0.119. The molecule has 0 radical (unpaired) electrons. The van der Waals surface area contributed by atoms with Gasteiger partial charge in [-0.25, -0.2) is 4.99 Å². The fraction of sp³-hybridized carbons (Fsp3) is 0.778. The molecule has 0 bridgehead atoms. The average Bonchev–Trinajstić information content (AvgIpc) is 2.60. The fourth-order valence-corrected chi connectivity index (χ4v) is 2.05. The molecule has 0 spiro atoms. The van der Waals surface area contributed by atoms with Crippen molar-refractivity contribution in [3.05, 3.63) is 0 Å². The molecule has 0 saturated carbocycles. The summed E-state index contributed by atoms with van der Waals surface area (Å²) in [5, 5.41) is 0. The van der Waals surface area contributed by atoms with Crippen LogP contribution in [0.25, 0.3) is 0 Å². The Labute approximate surface area is 77.6 Å². The standard InChI is InChI=1S/C9H14N2O2/c1-6-9(12)11-5-3-4-7(11)8(10-6)13-2/h6-7H,3-5H2,1-2H3/t6-,7-/m0/s1. The topological polar surface area (TPSA) is 41.9 Å². The van der Waals surface area contributed by atoms with Crippen LogP contribution in [0.2, 0.25) is 0 Å². The number of fused-ring (bicyclic) bond motifs is 1. The molecule has 2 aliphatic heterocycles. The zero-order valence-electron chi connectivity index (χ0n) is 7.99. The molecule has 4 nitrogen and oxygen atoms in total.